The van der Waals surface area contributed by atoms with Crippen molar-refractivity contribution in [2.75, 3.05) is 18.0 Å². The van der Waals surface area contributed by atoms with E-state index < -0.39 is 0 Å². The lowest BCUT2D eigenvalue weighted by molar-refractivity contribution is 0.726. The van der Waals surface area contributed by atoms with Crippen molar-refractivity contribution in [3.63, 3.8) is 0 Å². The number of hydrogen-bond donors (Lipinski definition) is 0. The van der Waals surface area contributed by atoms with E-state index in [1.807, 2.05) is 0 Å². The maximum Gasteiger partial charge on any atom is 0.186 e. The highest BCUT2D eigenvalue weighted by Gasteiger charge is 2.12. The summed E-state index contributed by atoms with van der Waals surface area (Å²) in [5.41, 5.74) is 0. The van der Waals surface area contributed by atoms with E-state index in [4.69, 9.17) is 11.6 Å². The van der Waals surface area contributed by atoms with Gasteiger partial charge in [0.1, 0.15) is 4.34 Å². The maximum absolute atomic E-state index is 5.85. The van der Waals surface area contributed by atoms with Crippen LogP contribution in [0.25, 0.3) is 0 Å². The van der Waals surface area contributed by atoms with Gasteiger partial charge in [0.2, 0.25) is 0 Å². The fourth-order valence-electron chi connectivity index (χ4n) is 1.65. The summed E-state index contributed by atoms with van der Waals surface area (Å²) in [6.07, 6.45) is 7.03. The first-order chi connectivity index (χ1) is 6.36. The molecule has 13 heavy (non-hydrogen) atoms. The van der Waals surface area contributed by atoms with E-state index in [9.17, 15) is 0 Å². The molecule has 4 heteroatoms. The molecule has 1 aromatic heterocycles. The van der Waals surface area contributed by atoms with Crippen LogP contribution >= 0.6 is 22.9 Å². The van der Waals surface area contributed by atoms with Crippen LogP contribution in [-0.4, -0.2) is 18.1 Å². The number of thiazole rings is 1. The molecule has 2 heterocycles. The fourth-order valence-corrected chi connectivity index (χ4v) is 2.61. The zero-order valence-corrected chi connectivity index (χ0v) is 9.07. The molecule has 1 aliphatic rings. The minimum Gasteiger partial charge on any atom is -0.348 e. The Hall–Kier alpha value is -0.280. The smallest absolute Gasteiger partial charge is 0.186 e. The lowest BCUT2D eigenvalue weighted by atomic mass is 10.2. The lowest BCUT2D eigenvalue weighted by Gasteiger charge is -2.18. The standard InChI is InChI=1S/C9H13ClN2S/c10-8-7-11-9(13-8)12-5-3-1-2-4-6-12/h7H,1-6H2. The van der Waals surface area contributed by atoms with Crippen molar-refractivity contribution in [3.05, 3.63) is 10.5 Å². The van der Waals surface area contributed by atoms with Gasteiger partial charge in [-0.25, -0.2) is 4.98 Å². The average Bonchev–Trinajstić information content (AvgIpc) is 2.43. The van der Waals surface area contributed by atoms with Gasteiger partial charge in [0.25, 0.3) is 0 Å². The summed E-state index contributed by atoms with van der Waals surface area (Å²) in [6.45, 7) is 2.29. The van der Waals surface area contributed by atoms with E-state index in [1.165, 1.54) is 25.7 Å². The van der Waals surface area contributed by atoms with E-state index in [0.29, 0.717) is 0 Å². The summed E-state index contributed by atoms with van der Waals surface area (Å²) in [5.74, 6) is 0. The molecule has 1 saturated heterocycles. The number of hydrogen-bond acceptors (Lipinski definition) is 3. The topological polar surface area (TPSA) is 16.1 Å². The summed E-state index contributed by atoms with van der Waals surface area (Å²) >= 11 is 7.43. The first-order valence-corrected chi connectivity index (χ1v) is 5.92. The molecule has 2 rings (SSSR count). The Morgan fingerprint density at radius 2 is 1.92 bits per heavy atom. The van der Waals surface area contributed by atoms with Crippen LogP contribution in [0.5, 0.6) is 0 Å². The van der Waals surface area contributed by atoms with Gasteiger partial charge in [-0.05, 0) is 12.8 Å². The molecular formula is C9H13ClN2S. The molecule has 1 aromatic rings. The zero-order valence-electron chi connectivity index (χ0n) is 7.50. The molecule has 0 radical (unpaired) electrons. The molecule has 0 saturated carbocycles. The highest BCUT2D eigenvalue weighted by Crippen LogP contribution is 2.27. The van der Waals surface area contributed by atoms with E-state index >= 15 is 0 Å². The van der Waals surface area contributed by atoms with Gasteiger partial charge in [-0.1, -0.05) is 35.8 Å². The molecular weight excluding hydrogens is 204 g/mol. The predicted molar refractivity (Wildman–Crippen MR) is 57.8 cm³/mol. The molecule has 0 atom stereocenters. The largest absolute Gasteiger partial charge is 0.348 e. The van der Waals surface area contributed by atoms with E-state index in [0.717, 1.165) is 22.6 Å². The first-order valence-electron chi connectivity index (χ1n) is 4.72. The lowest BCUT2D eigenvalue weighted by Crippen LogP contribution is -2.23. The van der Waals surface area contributed by atoms with Crippen LogP contribution in [0.15, 0.2) is 6.20 Å². The van der Waals surface area contributed by atoms with Crippen molar-refractivity contribution in [3.8, 4) is 0 Å². The minimum absolute atomic E-state index is 0.791. The Balaban J connectivity index is 2.06. The molecule has 0 aromatic carbocycles. The minimum atomic E-state index is 0.791. The quantitative estimate of drug-likeness (QED) is 0.717. The second kappa shape index (κ2) is 4.29. The van der Waals surface area contributed by atoms with Crippen LogP contribution in [-0.2, 0) is 0 Å². The normalized spacial score (nSPS) is 18.7. The van der Waals surface area contributed by atoms with Crippen molar-refractivity contribution in [1.82, 2.24) is 4.98 Å². The Bertz CT molecular complexity index is 266. The Morgan fingerprint density at radius 1 is 1.23 bits per heavy atom. The van der Waals surface area contributed by atoms with Gasteiger partial charge in [0.15, 0.2) is 5.13 Å². The molecule has 0 unspecified atom stereocenters. The van der Waals surface area contributed by atoms with Gasteiger partial charge in [-0.3, -0.25) is 0 Å². The SMILES string of the molecule is Clc1cnc(N2CCCCCC2)s1. The van der Waals surface area contributed by atoms with Crippen LogP contribution in [0.1, 0.15) is 25.7 Å². The second-order valence-corrected chi connectivity index (χ2v) is 4.99. The maximum atomic E-state index is 5.85. The van der Waals surface area contributed by atoms with Gasteiger partial charge >= 0.3 is 0 Å². The second-order valence-electron chi connectivity index (χ2n) is 3.35. The van der Waals surface area contributed by atoms with Crippen molar-refractivity contribution >= 4 is 28.1 Å². The van der Waals surface area contributed by atoms with E-state index in [-0.39, 0.29) is 0 Å². The first kappa shape index (κ1) is 9.28. The van der Waals surface area contributed by atoms with Crippen molar-refractivity contribution in [1.29, 1.82) is 0 Å². The summed E-state index contributed by atoms with van der Waals surface area (Å²) < 4.78 is 0.791. The summed E-state index contributed by atoms with van der Waals surface area (Å²) in [7, 11) is 0. The highest BCUT2D eigenvalue weighted by molar-refractivity contribution is 7.19. The van der Waals surface area contributed by atoms with Crippen LogP contribution in [0.3, 0.4) is 0 Å². The van der Waals surface area contributed by atoms with Crippen LogP contribution in [0.2, 0.25) is 4.34 Å². The third-order valence-corrected chi connectivity index (χ3v) is 3.52. The van der Waals surface area contributed by atoms with Gasteiger partial charge in [-0.2, -0.15) is 0 Å². The van der Waals surface area contributed by atoms with Gasteiger partial charge in [0.05, 0.1) is 6.20 Å². The number of anilines is 1. The molecule has 0 amide bonds. The molecule has 72 valence electrons. The Morgan fingerprint density at radius 3 is 2.46 bits per heavy atom. The summed E-state index contributed by atoms with van der Waals surface area (Å²) in [6, 6.07) is 0. The van der Waals surface area contributed by atoms with E-state index in [1.54, 1.807) is 17.5 Å². The van der Waals surface area contributed by atoms with Gasteiger partial charge in [-0.15, -0.1) is 0 Å². The highest BCUT2D eigenvalue weighted by atomic mass is 35.5. The number of halogens is 1. The Labute approximate surface area is 87.5 Å². The predicted octanol–water partition coefficient (Wildman–Crippen LogP) is 3.18. The van der Waals surface area contributed by atoms with Crippen molar-refractivity contribution in [2.24, 2.45) is 0 Å². The number of aromatic nitrogens is 1. The van der Waals surface area contributed by atoms with Gasteiger partial charge < -0.3 is 4.90 Å². The summed E-state index contributed by atoms with van der Waals surface area (Å²) in [5, 5.41) is 1.09. The molecule has 2 nitrogen and oxygen atoms in total. The third-order valence-electron chi connectivity index (χ3n) is 2.34. The number of rotatable bonds is 1. The molecule has 1 aliphatic heterocycles. The number of nitrogens with zero attached hydrogens (tertiary/aromatic N) is 2. The van der Waals surface area contributed by atoms with Crippen LogP contribution in [0.4, 0.5) is 5.13 Å². The monoisotopic (exact) mass is 216 g/mol. The van der Waals surface area contributed by atoms with Gasteiger partial charge in [0, 0.05) is 13.1 Å². The average molecular weight is 217 g/mol. The molecule has 0 bridgehead atoms. The fraction of sp³-hybridized carbons (Fsp3) is 0.667. The van der Waals surface area contributed by atoms with Crippen LogP contribution in [0, 0.1) is 0 Å². The Kier molecular flexibility index (Phi) is 3.06. The third kappa shape index (κ3) is 2.35. The molecule has 0 spiro atoms. The molecule has 0 aliphatic carbocycles. The van der Waals surface area contributed by atoms with Crippen LogP contribution < -0.4 is 4.90 Å². The zero-order chi connectivity index (χ0) is 9.10. The van der Waals surface area contributed by atoms with Crippen molar-refractivity contribution in [2.45, 2.75) is 25.7 Å². The van der Waals surface area contributed by atoms with E-state index in [2.05, 4.69) is 9.88 Å². The van der Waals surface area contributed by atoms with Crippen molar-refractivity contribution < 1.29 is 0 Å². The molecule has 1 fully saturated rings. The molecule has 0 N–H and O–H groups in total. The summed E-state index contributed by atoms with van der Waals surface area (Å²) in [4.78, 5) is 6.64.